The fourth-order valence-corrected chi connectivity index (χ4v) is 3.13. The van der Waals surface area contributed by atoms with Gasteiger partial charge in [0.15, 0.2) is 0 Å². The fraction of sp³-hybridized carbons (Fsp3) is 0.625. The van der Waals surface area contributed by atoms with Crippen LogP contribution in [-0.2, 0) is 13.0 Å². The van der Waals surface area contributed by atoms with E-state index >= 15 is 0 Å². The predicted molar refractivity (Wildman–Crippen MR) is 75.6 cm³/mol. The summed E-state index contributed by atoms with van der Waals surface area (Å²) in [4.78, 5) is 2.63. The Labute approximate surface area is 110 Å². The van der Waals surface area contributed by atoms with Gasteiger partial charge in [-0.05, 0) is 42.9 Å². The van der Waals surface area contributed by atoms with E-state index in [1.54, 1.807) is 5.56 Å². The molecule has 0 spiro atoms. The zero-order valence-corrected chi connectivity index (χ0v) is 11.4. The highest BCUT2D eigenvalue weighted by Crippen LogP contribution is 2.33. The molecule has 1 saturated carbocycles. The van der Waals surface area contributed by atoms with Crippen LogP contribution in [0.15, 0.2) is 24.3 Å². The van der Waals surface area contributed by atoms with Crippen LogP contribution in [0.25, 0.3) is 0 Å². The molecule has 1 aliphatic carbocycles. The zero-order valence-electron chi connectivity index (χ0n) is 11.4. The molecule has 0 aromatic heterocycles. The largest absolute Gasteiger partial charge is 0.313 e. The first kappa shape index (κ1) is 12.2. The zero-order chi connectivity index (χ0) is 12.4. The summed E-state index contributed by atoms with van der Waals surface area (Å²) in [6, 6.07) is 9.64. The van der Waals surface area contributed by atoms with Crippen LogP contribution in [-0.4, -0.2) is 30.6 Å². The lowest BCUT2D eigenvalue weighted by Gasteiger charge is -2.32. The maximum atomic E-state index is 3.67. The van der Waals surface area contributed by atoms with Crippen molar-refractivity contribution in [1.29, 1.82) is 0 Å². The highest BCUT2D eigenvalue weighted by Gasteiger charge is 2.32. The van der Waals surface area contributed by atoms with Crippen molar-refractivity contribution in [2.75, 3.05) is 19.6 Å². The maximum absolute atomic E-state index is 3.67. The quantitative estimate of drug-likeness (QED) is 0.856. The summed E-state index contributed by atoms with van der Waals surface area (Å²) in [6.45, 7) is 6.93. The number of likely N-dealkylation sites (N-methyl/N-ethyl adjacent to an activating group) is 1. The van der Waals surface area contributed by atoms with Crippen molar-refractivity contribution in [2.45, 2.75) is 38.8 Å². The lowest BCUT2D eigenvalue weighted by atomic mass is 9.99. The Kier molecular flexibility index (Phi) is 3.67. The van der Waals surface area contributed by atoms with E-state index in [0.29, 0.717) is 0 Å². The summed E-state index contributed by atoms with van der Waals surface area (Å²) in [5.41, 5.74) is 3.09. The normalized spacial score (nSPS) is 21.6. The van der Waals surface area contributed by atoms with E-state index in [1.165, 1.54) is 37.9 Å². The van der Waals surface area contributed by atoms with E-state index in [1.807, 2.05) is 0 Å². The third-order valence-corrected chi connectivity index (χ3v) is 4.32. The van der Waals surface area contributed by atoms with Crippen molar-refractivity contribution in [3.05, 3.63) is 35.4 Å². The molecule has 1 aromatic rings. The van der Waals surface area contributed by atoms with Gasteiger partial charge in [-0.1, -0.05) is 31.2 Å². The molecule has 2 nitrogen and oxygen atoms in total. The molecule has 2 aliphatic rings. The Morgan fingerprint density at radius 1 is 1.28 bits per heavy atom. The van der Waals surface area contributed by atoms with Crippen LogP contribution < -0.4 is 5.32 Å². The Morgan fingerprint density at radius 3 is 2.78 bits per heavy atom. The highest BCUT2D eigenvalue weighted by atomic mass is 15.2. The van der Waals surface area contributed by atoms with Gasteiger partial charge in [0, 0.05) is 25.7 Å². The SMILES string of the molecule is CCNC(CN1CCc2ccccc2C1)C1CC1. The summed E-state index contributed by atoms with van der Waals surface area (Å²) < 4.78 is 0. The summed E-state index contributed by atoms with van der Waals surface area (Å²) >= 11 is 0. The first-order chi connectivity index (χ1) is 8.86. The third-order valence-electron chi connectivity index (χ3n) is 4.32. The van der Waals surface area contributed by atoms with Crippen molar-refractivity contribution >= 4 is 0 Å². The van der Waals surface area contributed by atoms with E-state index in [4.69, 9.17) is 0 Å². The minimum atomic E-state index is 0.722. The van der Waals surface area contributed by atoms with Crippen molar-refractivity contribution < 1.29 is 0 Å². The van der Waals surface area contributed by atoms with Gasteiger partial charge < -0.3 is 5.32 Å². The molecule has 98 valence electrons. The second kappa shape index (κ2) is 5.41. The summed E-state index contributed by atoms with van der Waals surface area (Å²) in [6.07, 6.45) is 4.09. The van der Waals surface area contributed by atoms with Gasteiger partial charge in [0.05, 0.1) is 0 Å². The lowest BCUT2D eigenvalue weighted by Crippen LogP contribution is -2.44. The molecule has 18 heavy (non-hydrogen) atoms. The number of fused-ring (bicyclic) bond motifs is 1. The van der Waals surface area contributed by atoms with Crippen molar-refractivity contribution in [3.8, 4) is 0 Å². The summed E-state index contributed by atoms with van der Waals surface area (Å²) in [5, 5.41) is 3.67. The molecular weight excluding hydrogens is 220 g/mol. The maximum Gasteiger partial charge on any atom is 0.0237 e. The number of rotatable bonds is 5. The van der Waals surface area contributed by atoms with Crippen LogP contribution in [0.1, 0.15) is 30.9 Å². The molecule has 1 N–H and O–H groups in total. The van der Waals surface area contributed by atoms with E-state index in [-0.39, 0.29) is 0 Å². The molecule has 0 bridgehead atoms. The molecule has 0 saturated heterocycles. The molecule has 0 amide bonds. The monoisotopic (exact) mass is 244 g/mol. The number of benzene rings is 1. The van der Waals surface area contributed by atoms with Gasteiger partial charge in [-0.15, -0.1) is 0 Å². The molecule has 3 rings (SSSR count). The van der Waals surface area contributed by atoms with Crippen molar-refractivity contribution in [1.82, 2.24) is 10.2 Å². The molecule has 1 aromatic carbocycles. The molecule has 2 heteroatoms. The molecule has 1 heterocycles. The van der Waals surface area contributed by atoms with Gasteiger partial charge in [-0.3, -0.25) is 4.90 Å². The molecule has 0 radical (unpaired) electrons. The van der Waals surface area contributed by atoms with E-state index < -0.39 is 0 Å². The summed E-state index contributed by atoms with van der Waals surface area (Å²) in [5.74, 6) is 0.946. The van der Waals surface area contributed by atoms with E-state index in [0.717, 1.165) is 25.0 Å². The van der Waals surface area contributed by atoms with Crippen LogP contribution in [0, 0.1) is 5.92 Å². The second-order valence-electron chi connectivity index (χ2n) is 5.76. The van der Waals surface area contributed by atoms with Crippen LogP contribution in [0.3, 0.4) is 0 Å². The van der Waals surface area contributed by atoms with E-state index in [2.05, 4.69) is 41.4 Å². The minimum Gasteiger partial charge on any atom is -0.313 e. The fourth-order valence-electron chi connectivity index (χ4n) is 3.13. The molecular formula is C16H24N2. The van der Waals surface area contributed by atoms with Crippen LogP contribution >= 0.6 is 0 Å². The van der Waals surface area contributed by atoms with Crippen LogP contribution in [0.4, 0.5) is 0 Å². The van der Waals surface area contributed by atoms with Gasteiger partial charge in [-0.25, -0.2) is 0 Å². The Bertz CT molecular complexity index is 398. The lowest BCUT2D eigenvalue weighted by molar-refractivity contribution is 0.216. The average Bonchev–Trinajstić information content (AvgIpc) is 3.22. The standard InChI is InChI=1S/C16H24N2/c1-2-17-16(14-7-8-14)12-18-10-9-13-5-3-4-6-15(13)11-18/h3-6,14,16-17H,2,7-12H2,1H3. The van der Waals surface area contributed by atoms with Gasteiger partial charge in [0.25, 0.3) is 0 Å². The molecule has 1 fully saturated rings. The first-order valence-corrected chi connectivity index (χ1v) is 7.39. The number of nitrogens with zero attached hydrogens (tertiary/aromatic N) is 1. The first-order valence-electron chi connectivity index (χ1n) is 7.39. The van der Waals surface area contributed by atoms with Crippen LogP contribution in [0.5, 0.6) is 0 Å². The minimum absolute atomic E-state index is 0.722. The van der Waals surface area contributed by atoms with Gasteiger partial charge in [0.2, 0.25) is 0 Å². The third kappa shape index (κ3) is 2.76. The molecule has 1 aliphatic heterocycles. The van der Waals surface area contributed by atoms with Crippen molar-refractivity contribution in [2.24, 2.45) is 5.92 Å². The topological polar surface area (TPSA) is 15.3 Å². The van der Waals surface area contributed by atoms with E-state index in [9.17, 15) is 0 Å². The smallest absolute Gasteiger partial charge is 0.0237 e. The van der Waals surface area contributed by atoms with Crippen molar-refractivity contribution in [3.63, 3.8) is 0 Å². The molecule has 1 unspecified atom stereocenters. The van der Waals surface area contributed by atoms with Gasteiger partial charge in [-0.2, -0.15) is 0 Å². The van der Waals surface area contributed by atoms with Gasteiger partial charge in [0.1, 0.15) is 0 Å². The number of nitrogens with one attached hydrogen (secondary N) is 1. The van der Waals surface area contributed by atoms with Gasteiger partial charge >= 0.3 is 0 Å². The number of hydrogen-bond donors (Lipinski definition) is 1. The Morgan fingerprint density at radius 2 is 2.06 bits per heavy atom. The Balaban J connectivity index is 1.61. The molecule has 1 atom stereocenters. The predicted octanol–water partition coefficient (Wildman–Crippen LogP) is 2.43. The Hall–Kier alpha value is -0.860. The van der Waals surface area contributed by atoms with Crippen LogP contribution in [0.2, 0.25) is 0 Å². The summed E-state index contributed by atoms with van der Waals surface area (Å²) in [7, 11) is 0. The average molecular weight is 244 g/mol. The highest BCUT2D eigenvalue weighted by molar-refractivity contribution is 5.29. The second-order valence-corrected chi connectivity index (χ2v) is 5.76. The number of hydrogen-bond acceptors (Lipinski definition) is 2.